The average molecular weight is 505 g/mol. The second kappa shape index (κ2) is 14.2. The molecular weight excluding hydrogens is 469 g/mol. The van der Waals surface area contributed by atoms with E-state index in [0.29, 0.717) is 12.0 Å². The van der Waals surface area contributed by atoms with Crippen LogP contribution < -0.4 is 10.6 Å². The van der Waals surface area contributed by atoms with Crippen LogP contribution in [0.2, 0.25) is 0 Å². The zero-order chi connectivity index (χ0) is 18.6. The van der Waals surface area contributed by atoms with Gasteiger partial charge >= 0.3 is 0 Å². The van der Waals surface area contributed by atoms with Gasteiger partial charge in [-0.05, 0) is 31.4 Å². The molecule has 1 aromatic rings. The maximum Gasteiger partial charge on any atom is 0.191 e. The Morgan fingerprint density at radius 2 is 1.93 bits per heavy atom. The van der Waals surface area contributed by atoms with Gasteiger partial charge in [-0.2, -0.15) is 0 Å². The van der Waals surface area contributed by atoms with Gasteiger partial charge in [-0.1, -0.05) is 25.7 Å². The molecular formula is C21H36IN3O3. The first-order valence-corrected chi connectivity index (χ1v) is 10.6. The van der Waals surface area contributed by atoms with Gasteiger partial charge in [0, 0.05) is 38.6 Å². The summed E-state index contributed by atoms with van der Waals surface area (Å²) in [7, 11) is 0. The second-order valence-electron chi connectivity index (χ2n) is 7.59. The summed E-state index contributed by atoms with van der Waals surface area (Å²) < 4.78 is 16.9. The summed E-state index contributed by atoms with van der Waals surface area (Å²) >= 11 is 0. The van der Waals surface area contributed by atoms with Gasteiger partial charge in [-0.15, -0.1) is 24.0 Å². The Labute approximate surface area is 186 Å². The molecule has 1 aromatic heterocycles. The number of aliphatic imine (C=N–C) groups is 1. The first kappa shape index (κ1) is 23.5. The summed E-state index contributed by atoms with van der Waals surface area (Å²) in [4.78, 5) is 4.75. The lowest BCUT2D eigenvalue weighted by Gasteiger charge is -2.17. The lowest BCUT2D eigenvalue weighted by Crippen LogP contribution is -2.40. The Balaban J connectivity index is 0.00000280. The van der Waals surface area contributed by atoms with E-state index in [9.17, 15) is 0 Å². The third-order valence-electron chi connectivity index (χ3n) is 5.33. The molecule has 1 saturated carbocycles. The van der Waals surface area contributed by atoms with Gasteiger partial charge < -0.3 is 24.5 Å². The highest BCUT2D eigenvalue weighted by atomic mass is 127. The standard InChI is InChI=1S/C21H35N3O3.HI/c1-2-4-7-19(6-3-1)27-15-12-23-21(24-16-18-10-14-25-17-18)22-11-9-20-8-5-13-26-20;/h5,8,13,18-19H,1-4,6-7,9-12,14-17H2,(H2,22,23,24);1H. The molecule has 0 spiro atoms. The number of hydrogen-bond acceptors (Lipinski definition) is 4. The van der Waals surface area contributed by atoms with Gasteiger partial charge in [0.1, 0.15) is 5.76 Å². The zero-order valence-corrected chi connectivity index (χ0v) is 19.2. The summed E-state index contributed by atoms with van der Waals surface area (Å²) in [5.74, 6) is 2.39. The van der Waals surface area contributed by atoms with Gasteiger partial charge in [0.05, 0.1) is 25.6 Å². The summed E-state index contributed by atoms with van der Waals surface area (Å²) in [5, 5.41) is 6.83. The molecule has 1 unspecified atom stereocenters. The number of ether oxygens (including phenoxy) is 2. The Hall–Kier alpha value is -0.800. The van der Waals surface area contributed by atoms with Crippen molar-refractivity contribution in [3.63, 3.8) is 0 Å². The Morgan fingerprint density at radius 3 is 2.64 bits per heavy atom. The molecule has 6 nitrogen and oxygen atoms in total. The van der Waals surface area contributed by atoms with Crippen LogP contribution >= 0.6 is 24.0 Å². The molecule has 7 heteroatoms. The lowest BCUT2D eigenvalue weighted by atomic mass is 10.1. The predicted molar refractivity (Wildman–Crippen MR) is 123 cm³/mol. The maximum atomic E-state index is 6.07. The number of hydrogen-bond donors (Lipinski definition) is 2. The first-order valence-electron chi connectivity index (χ1n) is 10.6. The summed E-state index contributed by atoms with van der Waals surface area (Å²) in [6, 6.07) is 3.93. The van der Waals surface area contributed by atoms with Crippen molar-refractivity contribution in [3.05, 3.63) is 24.2 Å². The van der Waals surface area contributed by atoms with Gasteiger partial charge in [0.15, 0.2) is 5.96 Å². The molecule has 2 heterocycles. The lowest BCUT2D eigenvalue weighted by molar-refractivity contribution is 0.0468. The molecule has 0 aromatic carbocycles. The van der Waals surface area contributed by atoms with Gasteiger partial charge in [0.2, 0.25) is 0 Å². The highest BCUT2D eigenvalue weighted by molar-refractivity contribution is 14.0. The van der Waals surface area contributed by atoms with Crippen molar-refractivity contribution in [2.45, 2.75) is 57.5 Å². The Bertz CT molecular complexity index is 525. The summed E-state index contributed by atoms with van der Waals surface area (Å²) in [6.07, 6.45) is 11.9. The molecule has 0 amide bonds. The Kier molecular flexibility index (Phi) is 11.9. The number of nitrogens with one attached hydrogen (secondary N) is 2. The summed E-state index contributed by atoms with van der Waals surface area (Å²) in [5.41, 5.74) is 0. The smallest absolute Gasteiger partial charge is 0.191 e. The van der Waals surface area contributed by atoms with Crippen LogP contribution in [-0.4, -0.2) is 51.5 Å². The minimum absolute atomic E-state index is 0. The van der Waals surface area contributed by atoms with Gasteiger partial charge in [-0.25, -0.2) is 0 Å². The van der Waals surface area contributed by atoms with E-state index in [0.717, 1.165) is 64.0 Å². The van der Waals surface area contributed by atoms with E-state index in [1.807, 2.05) is 12.1 Å². The largest absolute Gasteiger partial charge is 0.469 e. The van der Waals surface area contributed by atoms with Crippen LogP contribution in [0.5, 0.6) is 0 Å². The third kappa shape index (κ3) is 9.13. The van der Waals surface area contributed by atoms with Crippen LogP contribution in [0.1, 0.15) is 50.7 Å². The minimum Gasteiger partial charge on any atom is -0.469 e. The molecule has 1 aliphatic heterocycles. The van der Waals surface area contributed by atoms with Crippen molar-refractivity contribution in [3.8, 4) is 0 Å². The van der Waals surface area contributed by atoms with Crippen LogP contribution in [0.15, 0.2) is 27.8 Å². The number of nitrogens with zero attached hydrogens (tertiary/aromatic N) is 1. The van der Waals surface area contributed by atoms with Crippen LogP contribution in [0.4, 0.5) is 0 Å². The van der Waals surface area contributed by atoms with Crippen molar-refractivity contribution in [2.24, 2.45) is 10.9 Å². The van der Waals surface area contributed by atoms with Crippen molar-refractivity contribution in [2.75, 3.05) is 39.5 Å². The van der Waals surface area contributed by atoms with Crippen LogP contribution in [0.3, 0.4) is 0 Å². The van der Waals surface area contributed by atoms with Crippen molar-refractivity contribution in [1.82, 2.24) is 10.6 Å². The molecule has 1 atom stereocenters. The highest BCUT2D eigenvalue weighted by Gasteiger charge is 2.15. The minimum atomic E-state index is 0. The molecule has 0 bridgehead atoms. The van der Waals surface area contributed by atoms with Crippen molar-refractivity contribution in [1.29, 1.82) is 0 Å². The topological polar surface area (TPSA) is 68.0 Å². The SMILES string of the molecule is I.c1coc(CCNC(=NCC2CCOC2)NCCOC2CCCCCC2)c1. The van der Waals surface area contributed by atoms with E-state index in [2.05, 4.69) is 10.6 Å². The van der Waals surface area contributed by atoms with Gasteiger partial charge in [-0.3, -0.25) is 4.99 Å². The number of furan rings is 1. The molecule has 0 radical (unpaired) electrons. The molecule has 160 valence electrons. The molecule has 2 N–H and O–H groups in total. The van der Waals surface area contributed by atoms with E-state index in [4.69, 9.17) is 18.9 Å². The maximum absolute atomic E-state index is 6.07. The van der Waals surface area contributed by atoms with Crippen LogP contribution in [0, 0.1) is 5.92 Å². The molecule has 28 heavy (non-hydrogen) atoms. The van der Waals surface area contributed by atoms with E-state index >= 15 is 0 Å². The first-order chi connectivity index (χ1) is 13.4. The van der Waals surface area contributed by atoms with Crippen LogP contribution in [0.25, 0.3) is 0 Å². The van der Waals surface area contributed by atoms with E-state index in [1.54, 1.807) is 6.26 Å². The molecule has 1 aliphatic carbocycles. The second-order valence-corrected chi connectivity index (χ2v) is 7.59. The predicted octanol–water partition coefficient (Wildman–Crippen LogP) is 3.75. The fraction of sp³-hybridized carbons (Fsp3) is 0.762. The molecule has 2 fully saturated rings. The normalized spacial score (nSPS) is 21.1. The fourth-order valence-corrected chi connectivity index (χ4v) is 3.68. The van der Waals surface area contributed by atoms with E-state index in [-0.39, 0.29) is 24.0 Å². The third-order valence-corrected chi connectivity index (χ3v) is 5.33. The van der Waals surface area contributed by atoms with Crippen molar-refractivity contribution < 1.29 is 13.9 Å². The highest BCUT2D eigenvalue weighted by Crippen LogP contribution is 2.19. The molecule has 2 aliphatic rings. The number of halogens is 1. The van der Waals surface area contributed by atoms with E-state index in [1.165, 1.54) is 38.5 Å². The summed E-state index contributed by atoms with van der Waals surface area (Å²) in [6.45, 7) is 4.81. The zero-order valence-electron chi connectivity index (χ0n) is 16.9. The monoisotopic (exact) mass is 505 g/mol. The number of rotatable bonds is 9. The van der Waals surface area contributed by atoms with Gasteiger partial charge in [0.25, 0.3) is 0 Å². The average Bonchev–Trinajstić information content (AvgIpc) is 3.33. The van der Waals surface area contributed by atoms with Crippen molar-refractivity contribution >= 4 is 29.9 Å². The quantitative estimate of drug-likeness (QED) is 0.176. The molecule has 1 saturated heterocycles. The fourth-order valence-electron chi connectivity index (χ4n) is 3.68. The van der Waals surface area contributed by atoms with Crippen LogP contribution in [-0.2, 0) is 15.9 Å². The van der Waals surface area contributed by atoms with E-state index < -0.39 is 0 Å². The number of guanidine groups is 1. The Morgan fingerprint density at radius 1 is 1.11 bits per heavy atom. The molecule has 3 rings (SSSR count).